The molecule has 0 amide bonds. The molecule has 120 valence electrons. The van der Waals surface area contributed by atoms with Crippen LogP contribution in [-0.4, -0.2) is 27.6 Å². The van der Waals surface area contributed by atoms with E-state index in [2.05, 4.69) is 84.2 Å². The van der Waals surface area contributed by atoms with Gasteiger partial charge in [-0.3, -0.25) is 0 Å². The van der Waals surface area contributed by atoms with Gasteiger partial charge in [-0.1, -0.05) is 0 Å². The third-order valence-electron chi connectivity index (χ3n) is 4.08. The van der Waals surface area contributed by atoms with Gasteiger partial charge in [0, 0.05) is 0 Å². The Hall–Kier alpha value is -2.22. The first-order valence-corrected chi connectivity index (χ1v) is 9.89. The molecule has 0 radical (unpaired) electrons. The van der Waals surface area contributed by atoms with E-state index in [1.165, 1.54) is 20.1 Å². The molecule has 1 saturated heterocycles. The van der Waals surface area contributed by atoms with Crippen molar-refractivity contribution in [2.75, 3.05) is 6.61 Å². The summed E-state index contributed by atoms with van der Waals surface area (Å²) in [6.45, 7) is 0.729. The first kappa shape index (κ1) is 15.3. The van der Waals surface area contributed by atoms with Crippen LogP contribution in [0.3, 0.4) is 0 Å². The summed E-state index contributed by atoms with van der Waals surface area (Å²) in [7, 11) is 0. The molecule has 1 heterocycles. The first-order valence-electron chi connectivity index (χ1n) is 8.18. The van der Waals surface area contributed by atoms with Gasteiger partial charge in [0.1, 0.15) is 0 Å². The van der Waals surface area contributed by atoms with Crippen LogP contribution in [0.25, 0.3) is 0 Å². The van der Waals surface area contributed by atoms with Crippen LogP contribution in [0.15, 0.2) is 94.8 Å². The van der Waals surface area contributed by atoms with E-state index in [1.807, 2.05) is 0 Å². The number of hydrogen-bond donors (Lipinski definition) is 1. The number of benzene rings is 2. The fourth-order valence-corrected chi connectivity index (χ4v) is 4.94. The van der Waals surface area contributed by atoms with Crippen molar-refractivity contribution in [1.29, 1.82) is 0 Å². The Morgan fingerprint density at radius 2 is 1.75 bits per heavy atom. The second-order valence-corrected chi connectivity index (χ2v) is 8.23. The zero-order valence-electron chi connectivity index (χ0n) is 13.3. The van der Waals surface area contributed by atoms with E-state index >= 15 is 0 Å². The van der Waals surface area contributed by atoms with Crippen LogP contribution in [0.2, 0.25) is 0 Å². The molecule has 1 fully saturated rings. The standard InChI is InChI=1S/C21H19NOSe/c1-3-8-16(9-4-1)14-17-15-23-21(22-17)19-12-7-13-20(19)24-18-10-5-2-6-11-18/h1-13,17,22H,14-15H2/b21-19+/t17-/m0/s1. The Labute approximate surface area is 149 Å². The van der Waals surface area contributed by atoms with Crippen molar-refractivity contribution in [2.24, 2.45) is 0 Å². The zero-order chi connectivity index (χ0) is 16.2. The SMILES string of the molecule is C1=C/C(=C2/N[C@@H](Cc3ccccc3)CO2)C([Se]c2ccccc2)=C1. The average Bonchev–Trinajstić information content (AvgIpc) is 3.26. The monoisotopic (exact) mass is 381 g/mol. The molecule has 2 aromatic carbocycles. The zero-order valence-corrected chi connectivity index (χ0v) is 15.0. The van der Waals surface area contributed by atoms with Gasteiger partial charge >= 0.3 is 149 Å². The van der Waals surface area contributed by atoms with Gasteiger partial charge in [-0.25, -0.2) is 0 Å². The summed E-state index contributed by atoms with van der Waals surface area (Å²) < 4.78 is 8.73. The molecule has 0 bridgehead atoms. The summed E-state index contributed by atoms with van der Waals surface area (Å²) in [4.78, 5) is 0. The van der Waals surface area contributed by atoms with Crippen LogP contribution in [0, 0.1) is 0 Å². The Morgan fingerprint density at radius 3 is 2.54 bits per heavy atom. The van der Waals surface area contributed by atoms with Crippen molar-refractivity contribution >= 4 is 19.4 Å². The van der Waals surface area contributed by atoms with Crippen molar-refractivity contribution in [1.82, 2.24) is 5.32 Å². The molecule has 1 aliphatic heterocycles. The predicted molar refractivity (Wildman–Crippen MR) is 99.1 cm³/mol. The van der Waals surface area contributed by atoms with Crippen molar-refractivity contribution in [3.63, 3.8) is 0 Å². The Kier molecular flexibility index (Phi) is 4.55. The van der Waals surface area contributed by atoms with Gasteiger partial charge in [0.25, 0.3) is 0 Å². The van der Waals surface area contributed by atoms with Crippen molar-refractivity contribution in [3.05, 3.63) is 100 Å². The van der Waals surface area contributed by atoms with Gasteiger partial charge in [-0.15, -0.1) is 0 Å². The summed E-state index contributed by atoms with van der Waals surface area (Å²) >= 11 is 0.301. The van der Waals surface area contributed by atoms with Crippen LogP contribution in [0.1, 0.15) is 5.56 Å². The van der Waals surface area contributed by atoms with Gasteiger partial charge in [0.05, 0.1) is 0 Å². The summed E-state index contributed by atoms with van der Waals surface area (Å²) in [5.74, 6) is 0.939. The number of rotatable bonds is 4. The van der Waals surface area contributed by atoms with Gasteiger partial charge in [0.2, 0.25) is 0 Å². The number of nitrogens with one attached hydrogen (secondary N) is 1. The molecular weight excluding hydrogens is 361 g/mol. The molecule has 2 aromatic rings. The molecule has 0 unspecified atom stereocenters. The van der Waals surface area contributed by atoms with Crippen molar-refractivity contribution < 1.29 is 4.74 Å². The summed E-state index contributed by atoms with van der Waals surface area (Å²) in [5.41, 5.74) is 2.56. The molecule has 24 heavy (non-hydrogen) atoms. The van der Waals surface area contributed by atoms with Gasteiger partial charge in [0.15, 0.2) is 0 Å². The van der Waals surface area contributed by atoms with Crippen molar-refractivity contribution in [3.8, 4) is 0 Å². The fraction of sp³-hybridized carbons (Fsp3) is 0.143. The quantitative estimate of drug-likeness (QED) is 0.824. The van der Waals surface area contributed by atoms with Crippen molar-refractivity contribution in [2.45, 2.75) is 12.5 Å². The molecule has 0 saturated carbocycles. The predicted octanol–water partition coefficient (Wildman–Crippen LogP) is 2.91. The van der Waals surface area contributed by atoms with Crippen LogP contribution >= 0.6 is 0 Å². The second-order valence-electron chi connectivity index (χ2n) is 5.89. The average molecular weight is 380 g/mol. The van der Waals surface area contributed by atoms with E-state index in [4.69, 9.17) is 4.74 Å². The summed E-state index contributed by atoms with van der Waals surface area (Å²) in [5, 5.41) is 3.57. The molecule has 4 rings (SSSR count). The Morgan fingerprint density at radius 1 is 1.00 bits per heavy atom. The Bertz CT molecular complexity index is 793. The summed E-state index contributed by atoms with van der Waals surface area (Å²) in [6.07, 6.45) is 7.49. The third-order valence-corrected chi connectivity index (χ3v) is 6.35. The Balaban J connectivity index is 1.46. The number of ether oxygens (including phenoxy) is 1. The molecule has 0 spiro atoms. The van der Waals surface area contributed by atoms with Gasteiger partial charge < -0.3 is 0 Å². The van der Waals surface area contributed by atoms with E-state index in [1.54, 1.807) is 0 Å². The maximum atomic E-state index is 5.98. The molecule has 2 aliphatic rings. The topological polar surface area (TPSA) is 21.3 Å². The minimum atomic E-state index is 0.301. The molecule has 3 heteroatoms. The second kappa shape index (κ2) is 7.12. The van der Waals surface area contributed by atoms with E-state index in [0.29, 0.717) is 21.0 Å². The first-order chi connectivity index (χ1) is 11.9. The van der Waals surface area contributed by atoms with Gasteiger partial charge in [-0.05, 0) is 0 Å². The van der Waals surface area contributed by atoms with E-state index in [-0.39, 0.29) is 0 Å². The number of allylic oxidation sites excluding steroid dienone is 5. The minimum absolute atomic E-state index is 0.301. The molecule has 0 aromatic heterocycles. The van der Waals surface area contributed by atoms with Crippen LogP contribution < -0.4 is 9.78 Å². The van der Waals surface area contributed by atoms with Crippen LogP contribution in [0.4, 0.5) is 0 Å². The number of hydrogen-bond acceptors (Lipinski definition) is 2. The maximum absolute atomic E-state index is 5.98. The van der Waals surface area contributed by atoms with E-state index in [0.717, 1.165) is 18.9 Å². The van der Waals surface area contributed by atoms with E-state index < -0.39 is 0 Å². The normalized spacial score (nSPS) is 22.2. The van der Waals surface area contributed by atoms with Gasteiger partial charge in [-0.2, -0.15) is 0 Å². The third kappa shape index (κ3) is 3.48. The fourth-order valence-electron chi connectivity index (χ4n) is 2.91. The molecule has 1 atom stereocenters. The molecular formula is C21H19NOSe. The van der Waals surface area contributed by atoms with Crippen LogP contribution in [0.5, 0.6) is 0 Å². The molecule has 1 N–H and O–H groups in total. The summed E-state index contributed by atoms with van der Waals surface area (Å²) in [6, 6.07) is 21.6. The van der Waals surface area contributed by atoms with Crippen LogP contribution in [-0.2, 0) is 11.2 Å². The molecule has 1 aliphatic carbocycles. The van der Waals surface area contributed by atoms with E-state index in [9.17, 15) is 0 Å². The molecule has 2 nitrogen and oxygen atoms in total.